The first-order valence-electron chi connectivity index (χ1n) is 11.1. The summed E-state index contributed by atoms with van der Waals surface area (Å²) in [7, 11) is 1.63. The van der Waals surface area contributed by atoms with Gasteiger partial charge in [0.1, 0.15) is 17.4 Å². The van der Waals surface area contributed by atoms with E-state index in [0.29, 0.717) is 34.2 Å². The van der Waals surface area contributed by atoms with E-state index in [4.69, 9.17) is 15.5 Å². The smallest absolute Gasteiger partial charge is 0.225 e. The Kier molecular flexibility index (Phi) is 5.78. The number of anilines is 2. The first kappa shape index (κ1) is 21.1. The summed E-state index contributed by atoms with van der Waals surface area (Å²) in [6.45, 7) is 3.95. The van der Waals surface area contributed by atoms with Crippen molar-refractivity contribution >= 4 is 22.8 Å². The molecule has 0 saturated carbocycles. The van der Waals surface area contributed by atoms with E-state index < -0.39 is 0 Å². The number of nitrogens with two attached hydrogens (primary N) is 1. The first-order valence-corrected chi connectivity index (χ1v) is 11.1. The predicted octanol–water partition coefficient (Wildman–Crippen LogP) is 3.72. The highest BCUT2D eigenvalue weighted by Crippen LogP contribution is 2.33. The molecule has 0 atom stereocenters. The Bertz CT molecular complexity index is 1250. The standard InChI is InChI=1S/C24H26FN7O/c1-33-19-10-4-16(5-11-19)21-20-22(26)32(18-8-6-17(25)7-9-18)30-23(20)29-24(28-21)27-12-15-31-13-2-3-14-31/h4-11H,2-3,12-15,26H2,1H3,(H,27,29,30). The predicted molar refractivity (Wildman–Crippen MR) is 127 cm³/mol. The molecule has 0 radical (unpaired) electrons. The Balaban J connectivity index is 1.56. The molecule has 1 aliphatic rings. The number of aromatic nitrogens is 4. The van der Waals surface area contributed by atoms with Crippen molar-refractivity contribution in [3.05, 3.63) is 54.3 Å². The highest BCUT2D eigenvalue weighted by molar-refractivity contribution is 5.99. The molecule has 33 heavy (non-hydrogen) atoms. The van der Waals surface area contributed by atoms with Crippen molar-refractivity contribution in [1.29, 1.82) is 0 Å². The molecule has 3 heterocycles. The molecule has 9 heteroatoms. The van der Waals surface area contributed by atoms with E-state index in [2.05, 4.69) is 20.3 Å². The summed E-state index contributed by atoms with van der Waals surface area (Å²) in [4.78, 5) is 11.9. The minimum Gasteiger partial charge on any atom is -0.497 e. The fourth-order valence-electron chi connectivity index (χ4n) is 4.16. The molecule has 1 saturated heterocycles. The molecular formula is C24H26FN7O. The molecule has 2 aromatic heterocycles. The van der Waals surface area contributed by atoms with E-state index in [1.54, 1.807) is 23.9 Å². The number of halogens is 1. The van der Waals surface area contributed by atoms with Crippen LogP contribution in [0.2, 0.25) is 0 Å². The number of nitrogens with zero attached hydrogens (tertiary/aromatic N) is 5. The van der Waals surface area contributed by atoms with E-state index in [1.807, 2.05) is 24.3 Å². The Morgan fingerprint density at radius 2 is 1.76 bits per heavy atom. The lowest BCUT2D eigenvalue weighted by Gasteiger charge is -2.15. The number of hydrogen-bond acceptors (Lipinski definition) is 7. The van der Waals surface area contributed by atoms with E-state index in [-0.39, 0.29) is 5.82 Å². The molecule has 0 amide bonds. The first-order chi connectivity index (χ1) is 16.1. The molecule has 0 unspecified atom stereocenters. The van der Waals surface area contributed by atoms with E-state index >= 15 is 0 Å². The maximum atomic E-state index is 13.4. The number of rotatable bonds is 7. The van der Waals surface area contributed by atoms with Gasteiger partial charge in [0, 0.05) is 18.7 Å². The Hall–Kier alpha value is -3.72. The van der Waals surface area contributed by atoms with Gasteiger partial charge >= 0.3 is 0 Å². The molecule has 170 valence electrons. The Morgan fingerprint density at radius 1 is 1.03 bits per heavy atom. The maximum absolute atomic E-state index is 13.4. The van der Waals surface area contributed by atoms with Gasteiger partial charge in [-0.25, -0.2) is 14.1 Å². The van der Waals surface area contributed by atoms with Crippen LogP contribution in [0.3, 0.4) is 0 Å². The number of nitrogen functional groups attached to an aromatic ring is 1. The van der Waals surface area contributed by atoms with Crippen LogP contribution >= 0.6 is 0 Å². The molecule has 0 spiro atoms. The Morgan fingerprint density at radius 3 is 2.45 bits per heavy atom. The van der Waals surface area contributed by atoms with E-state index in [9.17, 15) is 4.39 Å². The van der Waals surface area contributed by atoms with Gasteiger partial charge in [0.05, 0.1) is 23.9 Å². The van der Waals surface area contributed by atoms with Gasteiger partial charge in [0.2, 0.25) is 5.95 Å². The van der Waals surface area contributed by atoms with Crippen LogP contribution in [0.25, 0.3) is 28.0 Å². The van der Waals surface area contributed by atoms with Gasteiger partial charge in [0.15, 0.2) is 5.65 Å². The fraction of sp³-hybridized carbons (Fsp3) is 0.292. The zero-order chi connectivity index (χ0) is 22.8. The van der Waals surface area contributed by atoms with Gasteiger partial charge in [-0.15, -0.1) is 5.10 Å². The number of ether oxygens (including phenoxy) is 1. The van der Waals surface area contributed by atoms with Gasteiger partial charge in [-0.05, 0) is 74.5 Å². The van der Waals surface area contributed by atoms with Crippen LogP contribution in [0.4, 0.5) is 16.2 Å². The number of fused-ring (bicyclic) bond motifs is 1. The minimum atomic E-state index is -0.322. The number of methoxy groups -OCH3 is 1. The highest BCUT2D eigenvalue weighted by atomic mass is 19.1. The Labute approximate surface area is 191 Å². The van der Waals surface area contributed by atoms with Crippen LogP contribution in [-0.4, -0.2) is 57.9 Å². The average molecular weight is 448 g/mol. The zero-order valence-electron chi connectivity index (χ0n) is 18.5. The second-order valence-corrected chi connectivity index (χ2v) is 8.07. The van der Waals surface area contributed by atoms with Crippen molar-refractivity contribution in [3.8, 4) is 22.7 Å². The summed E-state index contributed by atoms with van der Waals surface area (Å²) in [6.07, 6.45) is 2.51. The molecule has 4 aromatic rings. The van der Waals surface area contributed by atoms with E-state index in [0.717, 1.165) is 37.5 Å². The van der Waals surface area contributed by atoms with Crippen LogP contribution in [-0.2, 0) is 0 Å². The molecule has 0 bridgehead atoms. The largest absolute Gasteiger partial charge is 0.497 e. The molecule has 0 aliphatic carbocycles. The molecule has 8 nitrogen and oxygen atoms in total. The summed E-state index contributed by atoms with van der Waals surface area (Å²) in [5.74, 6) is 1.32. The molecular weight excluding hydrogens is 421 g/mol. The van der Waals surface area contributed by atoms with Crippen molar-refractivity contribution in [2.24, 2.45) is 0 Å². The summed E-state index contributed by atoms with van der Waals surface area (Å²) >= 11 is 0. The van der Waals surface area contributed by atoms with Gasteiger partial charge in [-0.3, -0.25) is 0 Å². The molecule has 3 N–H and O–H groups in total. The molecule has 1 fully saturated rings. The number of nitrogens with one attached hydrogen (secondary N) is 1. The monoisotopic (exact) mass is 447 g/mol. The lowest BCUT2D eigenvalue weighted by molar-refractivity contribution is 0.352. The third kappa shape index (κ3) is 4.31. The lowest BCUT2D eigenvalue weighted by Crippen LogP contribution is -2.26. The average Bonchev–Trinajstić information content (AvgIpc) is 3.47. The van der Waals surface area contributed by atoms with Crippen molar-refractivity contribution in [2.45, 2.75) is 12.8 Å². The minimum absolute atomic E-state index is 0.322. The number of hydrogen-bond donors (Lipinski definition) is 2. The van der Waals surface area contributed by atoms with E-state index in [1.165, 1.54) is 25.0 Å². The SMILES string of the molecule is COc1ccc(-c2nc(NCCN3CCCC3)nc3nn(-c4ccc(F)cc4)c(N)c23)cc1. The highest BCUT2D eigenvalue weighted by Gasteiger charge is 2.20. The van der Waals surface area contributed by atoms with Crippen LogP contribution in [0.1, 0.15) is 12.8 Å². The van der Waals surface area contributed by atoms with Crippen molar-refractivity contribution < 1.29 is 9.13 Å². The maximum Gasteiger partial charge on any atom is 0.225 e. The molecule has 2 aromatic carbocycles. The molecule has 5 rings (SSSR count). The second-order valence-electron chi connectivity index (χ2n) is 8.07. The normalized spacial score (nSPS) is 14.1. The summed E-state index contributed by atoms with van der Waals surface area (Å²) in [5, 5.41) is 8.61. The third-order valence-electron chi connectivity index (χ3n) is 5.91. The number of likely N-dealkylation sites (tertiary alicyclic amines) is 1. The third-order valence-corrected chi connectivity index (χ3v) is 5.91. The number of benzene rings is 2. The van der Waals surface area contributed by atoms with Gasteiger partial charge in [-0.2, -0.15) is 4.98 Å². The second kappa shape index (κ2) is 9.03. The summed E-state index contributed by atoms with van der Waals surface area (Å²) in [6, 6.07) is 13.6. The van der Waals surface area contributed by atoms with Crippen molar-refractivity contribution in [1.82, 2.24) is 24.6 Å². The van der Waals surface area contributed by atoms with Crippen LogP contribution < -0.4 is 15.8 Å². The molecule has 1 aliphatic heterocycles. The van der Waals surface area contributed by atoms with Gasteiger partial charge in [0.25, 0.3) is 0 Å². The van der Waals surface area contributed by atoms with Crippen LogP contribution in [0, 0.1) is 5.82 Å². The topological polar surface area (TPSA) is 94.1 Å². The summed E-state index contributed by atoms with van der Waals surface area (Å²) < 4.78 is 20.3. The quantitative estimate of drug-likeness (QED) is 0.446. The summed E-state index contributed by atoms with van der Waals surface area (Å²) in [5.41, 5.74) is 9.18. The van der Waals surface area contributed by atoms with Crippen LogP contribution in [0.5, 0.6) is 5.75 Å². The lowest BCUT2D eigenvalue weighted by atomic mass is 10.1. The van der Waals surface area contributed by atoms with Crippen LogP contribution in [0.15, 0.2) is 48.5 Å². The zero-order valence-corrected chi connectivity index (χ0v) is 18.5. The van der Waals surface area contributed by atoms with Crippen molar-refractivity contribution in [2.75, 3.05) is 44.3 Å². The fourth-order valence-corrected chi connectivity index (χ4v) is 4.16. The van der Waals surface area contributed by atoms with Gasteiger partial charge < -0.3 is 20.7 Å². The van der Waals surface area contributed by atoms with Gasteiger partial charge in [-0.1, -0.05) is 0 Å². The van der Waals surface area contributed by atoms with Crippen molar-refractivity contribution in [3.63, 3.8) is 0 Å².